The summed E-state index contributed by atoms with van der Waals surface area (Å²) in [5.74, 6) is -1.29. The van der Waals surface area contributed by atoms with Crippen molar-refractivity contribution < 1.29 is 14.7 Å². The number of carbonyl (C=O) groups is 2. The number of amides is 1. The molecular weight excluding hydrogens is 232 g/mol. The Morgan fingerprint density at radius 2 is 1.72 bits per heavy atom. The van der Waals surface area contributed by atoms with Crippen molar-refractivity contribution in [3.05, 3.63) is 29.8 Å². The molecule has 4 N–H and O–H groups in total. The summed E-state index contributed by atoms with van der Waals surface area (Å²) in [6, 6.07) is 5.31. The minimum Gasteiger partial charge on any atom is -0.478 e. The first-order valence-corrected chi connectivity index (χ1v) is 5.61. The summed E-state index contributed by atoms with van der Waals surface area (Å²) in [6.45, 7) is 5.64. The van der Waals surface area contributed by atoms with E-state index in [1.54, 1.807) is 0 Å². The summed E-state index contributed by atoms with van der Waals surface area (Å²) >= 11 is 0. The lowest BCUT2D eigenvalue weighted by atomic mass is 9.87. The molecular formula is C13H18N2O3. The van der Waals surface area contributed by atoms with Gasteiger partial charge in [-0.3, -0.25) is 4.79 Å². The van der Waals surface area contributed by atoms with Crippen molar-refractivity contribution >= 4 is 17.6 Å². The van der Waals surface area contributed by atoms with Crippen molar-refractivity contribution in [3.63, 3.8) is 0 Å². The maximum atomic E-state index is 11.8. The molecule has 5 heteroatoms. The van der Waals surface area contributed by atoms with Crippen molar-refractivity contribution in [3.8, 4) is 0 Å². The van der Waals surface area contributed by atoms with Crippen LogP contribution >= 0.6 is 0 Å². The molecule has 1 unspecified atom stereocenters. The molecule has 0 saturated heterocycles. The van der Waals surface area contributed by atoms with Gasteiger partial charge in [0.25, 0.3) is 0 Å². The molecule has 0 spiro atoms. The molecule has 1 atom stereocenters. The average Bonchev–Trinajstić information content (AvgIpc) is 2.27. The standard InChI is InChI=1S/C13H18N2O3/c1-13(2,3)10(14)11(16)15-9-6-4-8(5-7-9)12(17)18/h4-7,10H,14H2,1-3H3,(H,15,16)(H,17,18). The highest BCUT2D eigenvalue weighted by molar-refractivity contribution is 5.96. The first-order chi connectivity index (χ1) is 8.21. The van der Waals surface area contributed by atoms with Crippen LogP contribution in [0.4, 0.5) is 5.69 Å². The summed E-state index contributed by atoms with van der Waals surface area (Å²) in [7, 11) is 0. The van der Waals surface area contributed by atoms with Gasteiger partial charge >= 0.3 is 5.97 Å². The van der Waals surface area contributed by atoms with E-state index in [2.05, 4.69) is 5.32 Å². The van der Waals surface area contributed by atoms with Gasteiger partial charge in [0.15, 0.2) is 0 Å². The Morgan fingerprint density at radius 3 is 2.11 bits per heavy atom. The first-order valence-electron chi connectivity index (χ1n) is 5.61. The number of hydrogen-bond donors (Lipinski definition) is 3. The molecule has 0 aliphatic heterocycles. The molecule has 0 saturated carbocycles. The molecule has 18 heavy (non-hydrogen) atoms. The van der Waals surface area contributed by atoms with E-state index in [4.69, 9.17) is 10.8 Å². The Labute approximate surface area is 106 Å². The Morgan fingerprint density at radius 1 is 1.22 bits per heavy atom. The molecule has 0 bridgehead atoms. The van der Waals surface area contributed by atoms with Gasteiger partial charge in [-0.2, -0.15) is 0 Å². The number of rotatable bonds is 3. The maximum absolute atomic E-state index is 11.8. The first kappa shape index (κ1) is 14.2. The van der Waals surface area contributed by atoms with Gasteiger partial charge in [-0.15, -0.1) is 0 Å². The summed E-state index contributed by atoms with van der Waals surface area (Å²) in [5.41, 5.74) is 6.19. The van der Waals surface area contributed by atoms with Crippen LogP contribution in [0, 0.1) is 5.41 Å². The summed E-state index contributed by atoms with van der Waals surface area (Å²) < 4.78 is 0. The number of carboxylic acid groups (broad SMARTS) is 1. The van der Waals surface area contributed by atoms with Crippen LogP contribution in [0.3, 0.4) is 0 Å². The third-order valence-electron chi connectivity index (χ3n) is 2.61. The van der Waals surface area contributed by atoms with Crippen LogP contribution in [0.1, 0.15) is 31.1 Å². The normalized spacial score (nSPS) is 12.9. The van der Waals surface area contributed by atoms with Crippen LogP contribution in [-0.2, 0) is 4.79 Å². The highest BCUT2D eigenvalue weighted by Crippen LogP contribution is 2.19. The van der Waals surface area contributed by atoms with E-state index >= 15 is 0 Å². The van der Waals surface area contributed by atoms with Gasteiger partial charge in [0.2, 0.25) is 5.91 Å². The Hall–Kier alpha value is -1.88. The van der Waals surface area contributed by atoms with Gasteiger partial charge in [-0.1, -0.05) is 20.8 Å². The molecule has 1 rings (SSSR count). The van der Waals surface area contributed by atoms with Gasteiger partial charge < -0.3 is 16.2 Å². The van der Waals surface area contributed by atoms with E-state index < -0.39 is 12.0 Å². The van der Waals surface area contributed by atoms with Crippen LogP contribution in [0.5, 0.6) is 0 Å². The second kappa shape index (κ2) is 5.18. The number of carbonyl (C=O) groups excluding carboxylic acids is 1. The predicted molar refractivity (Wildman–Crippen MR) is 69.5 cm³/mol. The number of anilines is 1. The second-order valence-electron chi connectivity index (χ2n) is 5.22. The molecule has 98 valence electrons. The van der Waals surface area contributed by atoms with Crippen LogP contribution in [0.15, 0.2) is 24.3 Å². The van der Waals surface area contributed by atoms with Crippen molar-refractivity contribution in [1.29, 1.82) is 0 Å². The van der Waals surface area contributed by atoms with E-state index in [9.17, 15) is 9.59 Å². The quantitative estimate of drug-likeness (QED) is 0.761. The minimum absolute atomic E-state index is 0.174. The zero-order chi connectivity index (χ0) is 13.9. The molecule has 1 aromatic carbocycles. The van der Waals surface area contributed by atoms with E-state index in [-0.39, 0.29) is 16.9 Å². The largest absolute Gasteiger partial charge is 0.478 e. The minimum atomic E-state index is -1.00. The van der Waals surface area contributed by atoms with Crippen LogP contribution in [0.25, 0.3) is 0 Å². The highest BCUT2D eigenvalue weighted by Gasteiger charge is 2.27. The number of nitrogens with one attached hydrogen (secondary N) is 1. The number of nitrogens with two attached hydrogens (primary N) is 1. The van der Waals surface area contributed by atoms with Gasteiger partial charge in [-0.05, 0) is 29.7 Å². The van der Waals surface area contributed by atoms with Crippen LogP contribution in [0.2, 0.25) is 0 Å². The summed E-state index contributed by atoms with van der Waals surface area (Å²) in [4.78, 5) is 22.5. The van der Waals surface area contributed by atoms with E-state index in [0.717, 1.165) is 0 Å². The number of benzene rings is 1. The smallest absolute Gasteiger partial charge is 0.335 e. The lowest BCUT2D eigenvalue weighted by molar-refractivity contribution is -0.119. The van der Waals surface area contributed by atoms with Gasteiger partial charge in [0.05, 0.1) is 11.6 Å². The molecule has 0 aliphatic rings. The molecule has 0 aromatic heterocycles. The SMILES string of the molecule is CC(C)(C)C(N)C(=O)Nc1ccc(C(=O)O)cc1. The van der Waals surface area contributed by atoms with Gasteiger partial charge in [0, 0.05) is 5.69 Å². The lowest BCUT2D eigenvalue weighted by Crippen LogP contribution is -2.45. The van der Waals surface area contributed by atoms with Crippen molar-refractivity contribution in [1.82, 2.24) is 0 Å². The zero-order valence-corrected chi connectivity index (χ0v) is 10.7. The molecule has 5 nitrogen and oxygen atoms in total. The monoisotopic (exact) mass is 250 g/mol. The molecule has 1 aromatic rings. The maximum Gasteiger partial charge on any atom is 0.335 e. The van der Waals surface area contributed by atoms with Crippen molar-refractivity contribution in [2.75, 3.05) is 5.32 Å². The van der Waals surface area contributed by atoms with Gasteiger partial charge in [0.1, 0.15) is 0 Å². The summed E-state index contributed by atoms with van der Waals surface area (Å²) in [6.07, 6.45) is 0. The fourth-order valence-electron chi connectivity index (χ4n) is 1.31. The molecule has 1 amide bonds. The molecule has 0 aliphatic carbocycles. The molecule has 0 fully saturated rings. The van der Waals surface area contributed by atoms with E-state index in [1.807, 2.05) is 20.8 Å². The van der Waals surface area contributed by atoms with Crippen molar-refractivity contribution in [2.24, 2.45) is 11.1 Å². The van der Waals surface area contributed by atoms with Crippen molar-refractivity contribution in [2.45, 2.75) is 26.8 Å². The summed E-state index contributed by atoms with van der Waals surface area (Å²) in [5, 5.41) is 11.4. The fourth-order valence-corrected chi connectivity index (χ4v) is 1.31. The number of hydrogen-bond acceptors (Lipinski definition) is 3. The second-order valence-corrected chi connectivity index (χ2v) is 5.22. The zero-order valence-electron chi connectivity index (χ0n) is 10.7. The topological polar surface area (TPSA) is 92.4 Å². The molecule has 0 heterocycles. The Kier molecular flexibility index (Phi) is 4.08. The third kappa shape index (κ3) is 3.56. The molecule has 0 radical (unpaired) electrons. The third-order valence-corrected chi connectivity index (χ3v) is 2.61. The Balaban J connectivity index is 2.74. The van der Waals surface area contributed by atoms with Crippen LogP contribution < -0.4 is 11.1 Å². The fraction of sp³-hybridized carbons (Fsp3) is 0.385. The van der Waals surface area contributed by atoms with E-state index in [1.165, 1.54) is 24.3 Å². The number of carboxylic acids is 1. The van der Waals surface area contributed by atoms with Gasteiger partial charge in [-0.25, -0.2) is 4.79 Å². The van der Waals surface area contributed by atoms with Crippen LogP contribution in [-0.4, -0.2) is 23.0 Å². The number of aromatic carboxylic acids is 1. The van der Waals surface area contributed by atoms with E-state index in [0.29, 0.717) is 5.69 Å². The Bertz CT molecular complexity index is 446. The lowest BCUT2D eigenvalue weighted by Gasteiger charge is -2.25. The average molecular weight is 250 g/mol. The highest BCUT2D eigenvalue weighted by atomic mass is 16.4. The predicted octanol–water partition coefficient (Wildman–Crippen LogP) is 1.70.